The van der Waals surface area contributed by atoms with Crippen molar-refractivity contribution in [3.05, 3.63) is 22.4 Å². The SMILES string of the molecule is CC(C)C(NC(=O)CCCCCCN)c1cccs1. The number of thiophene rings is 1. The van der Waals surface area contributed by atoms with Crippen LogP contribution >= 0.6 is 11.3 Å². The summed E-state index contributed by atoms with van der Waals surface area (Å²) in [5.41, 5.74) is 5.45. The minimum absolute atomic E-state index is 0.150. The molecule has 0 aliphatic heterocycles. The number of hydrogen-bond acceptors (Lipinski definition) is 3. The predicted molar refractivity (Wildman–Crippen MR) is 82.2 cm³/mol. The summed E-state index contributed by atoms with van der Waals surface area (Å²) in [6, 6.07) is 4.28. The molecular formula is C15H26N2OS. The highest BCUT2D eigenvalue weighted by Gasteiger charge is 2.18. The Kier molecular flexibility index (Phi) is 7.75. The van der Waals surface area contributed by atoms with Crippen molar-refractivity contribution in [1.82, 2.24) is 5.32 Å². The highest BCUT2D eigenvalue weighted by atomic mass is 32.1. The summed E-state index contributed by atoms with van der Waals surface area (Å²) in [7, 11) is 0. The molecule has 0 aromatic carbocycles. The van der Waals surface area contributed by atoms with Crippen LogP contribution < -0.4 is 11.1 Å². The summed E-state index contributed by atoms with van der Waals surface area (Å²) >= 11 is 1.71. The second-order valence-corrected chi connectivity index (χ2v) is 6.24. The van der Waals surface area contributed by atoms with Gasteiger partial charge >= 0.3 is 0 Å². The van der Waals surface area contributed by atoms with E-state index >= 15 is 0 Å². The van der Waals surface area contributed by atoms with Crippen LogP contribution in [0, 0.1) is 5.92 Å². The summed E-state index contributed by atoms with van der Waals surface area (Å²) in [6.07, 6.45) is 4.87. The van der Waals surface area contributed by atoms with Crippen LogP contribution in [0.2, 0.25) is 0 Å². The average molecular weight is 282 g/mol. The van der Waals surface area contributed by atoms with Gasteiger partial charge in [0.1, 0.15) is 0 Å². The third kappa shape index (κ3) is 6.21. The van der Waals surface area contributed by atoms with Gasteiger partial charge in [-0.15, -0.1) is 11.3 Å². The lowest BCUT2D eigenvalue weighted by atomic mass is 10.0. The fraction of sp³-hybridized carbons (Fsp3) is 0.667. The molecule has 0 radical (unpaired) electrons. The minimum atomic E-state index is 0.150. The normalized spacial score (nSPS) is 12.6. The molecule has 19 heavy (non-hydrogen) atoms. The van der Waals surface area contributed by atoms with Crippen LogP contribution in [-0.4, -0.2) is 12.5 Å². The number of carbonyl (C=O) groups is 1. The number of nitrogens with one attached hydrogen (secondary N) is 1. The van der Waals surface area contributed by atoms with Crippen LogP contribution in [0.15, 0.2) is 17.5 Å². The number of unbranched alkanes of at least 4 members (excludes halogenated alkanes) is 3. The van der Waals surface area contributed by atoms with Crippen molar-refractivity contribution in [3.63, 3.8) is 0 Å². The second kappa shape index (κ2) is 9.10. The molecule has 4 heteroatoms. The smallest absolute Gasteiger partial charge is 0.220 e. The van der Waals surface area contributed by atoms with Gasteiger partial charge in [-0.1, -0.05) is 32.8 Å². The van der Waals surface area contributed by atoms with Crippen molar-refractivity contribution in [3.8, 4) is 0 Å². The minimum Gasteiger partial charge on any atom is -0.348 e. The van der Waals surface area contributed by atoms with Gasteiger partial charge in [-0.2, -0.15) is 0 Å². The Morgan fingerprint density at radius 3 is 2.63 bits per heavy atom. The first-order valence-corrected chi connectivity index (χ1v) is 8.06. The molecule has 1 unspecified atom stereocenters. The van der Waals surface area contributed by atoms with E-state index in [0.29, 0.717) is 12.3 Å². The van der Waals surface area contributed by atoms with Crippen LogP contribution in [0.4, 0.5) is 0 Å². The first-order valence-electron chi connectivity index (χ1n) is 7.18. The maximum Gasteiger partial charge on any atom is 0.220 e. The first-order chi connectivity index (χ1) is 9.15. The number of rotatable bonds is 9. The highest BCUT2D eigenvalue weighted by Crippen LogP contribution is 2.25. The van der Waals surface area contributed by atoms with E-state index in [-0.39, 0.29) is 11.9 Å². The zero-order chi connectivity index (χ0) is 14.1. The van der Waals surface area contributed by atoms with Gasteiger partial charge in [-0.3, -0.25) is 4.79 Å². The molecule has 0 aliphatic rings. The quantitative estimate of drug-likeness (QED) is 0.681. The first kappa shape index (κ1) is 16.2. The van der Waals surface area contributed by atoms with E-state index in [1.54, 1.807) is 11.3 Å². The Labute approximate surface area is 120 Å². The Balaban J connectivity index is 2.32. The number of nitrogens with two attached hydrogens (primary N) is 1. The zero-order valence-corrected chi connectivity index (χ0v) is 12.8. The van der Waals surface area contributed by atoms with Gasteiger partial charge in [-0.05, 0) is 36.8 Å². The van der Waals surface area contributed by atoms with Gasteiger partial charge in [0.2, 0.25) is 5.91 Å². The Bertz CT molecular complexity index is 349. The summed E-state index contributed by atoms with van der Waals surface area (Å²) in [5.74, 6) is 0.583. The van der Waals surface area contributed by atoms with Gasteiger partial charge in [0, 0.05) is 11.3 Å². The lowest BCUT2D eigenvalue weighted by Crippen LogP contribution is -2.30. The summed E-state index contributed by atoms with van der Waals surface area (Å²) in [4.78, 5) is 13.2. The maximum absolute atomic E-state index is 12.0. The largest absolute Gasteiger partial charge is 0.348 e. The van der Waals surface area contributed by atoms with E-state index in [1.807, 2.05) is 6.07 Å². The van der Waals surface area contributed by atoms with Crippen LogP contribution in [0.1, 0.15) is 56.9 Å². The van der Waals surface area contributed by atoms with E-state index in [4.69, 9.17) is 5.73 Å². The monoisotopic (exact) mass is 282 g/mol. The van der Waals surface area contributed by atoms with Gasteiger partial charge in [0.05, 0.1) is 6.04 Å². The molecule has 3 nitrogen and oxygen atoms in total. The molecule has 0 spiro atoms. The van der Waals surface area contributed by atoms with Crippen molar-refractivity contribution in [2.75, 3.05) is 6.54 Å². The lowest BCUT2D eigenvalue weighted by Gasteiger charge is -2.21. The van der Waals surface area contributed by atoms with Crippen molar-refractivity contribution in [1.29, 1.82) is 0 Å². The van der Waals surface area contributed by atoms with Gasteiger partial charge in [-0.25, -0.2) is 0 Å². The molecule has 0 saturated heterocycles. The fourth-order valence-corrected chi connectivity index (χ4v) is 3.01. The third-order valence-electron chi connectivity index (χ3n) is 3.19. The molecule has 1 heterocycles. The standard InChI is InChI=1S/C15H26N2OS/c1-12(2)15(13-8-7-11-19-13)17-14(18)9-5-3-4-6-10-16/h7-8,11-12,15H,3-6,9-10,16H2,1-2H3,(H,17,18). The molecule has 0 fully saturated rings. The van der Waals surface area contributed by atoms with E-state index in [1.165, 1.54) is 4.88 Å². The molecule has 1 amide bonds. The maximum atomic E-state index is 12.0. The molecule has 1 aromatic heterocycles. The van der Waals surface area contributed by atoms with Crippen molar-refractivity contribution in [2.24, 2.45) is 11.7 Å². The Hall–Kier alpha value is -0.870. The molecule has 3 N–H and O–H groups in total. The molecule has 0 bridgehead atoms. The number of carbonyl (C=O) groups excluding carboxylic acids is 1. The van der Waals surface area contributed by atoms with E-state index < -0.39 is 0 Å². The van der Waals surface area contributed by atoms with Gasteiger partial charge in [0.25, 0.3) is 0 Å². The number of hydrogen-bond donors (Lipinski definition) is 2. The summed E-state index contributed by atoms with van der Waals surface area (Å²) < 4.78 is 0. The Morgan fingerprint density at radius 2 is 2.05 bits per heavy atom. The van der Waals surface area contributed by atoms with Crippen molar-refractivity contribution < 1.29 is 4.79 Å². The predicted octanol–water partition coefficient (Wildman–Crippen LogP) is 3.47. The second-order valence-electron chi connectivity index (χ2n) is 5.26. The summed E-state index contributed by atoms with van der Waals surface area (Å²) in [6.45, 7) is 5.04. The topological polar surface area (TPSA) is 55.1 Å². The van der Waals surface area contributed by atoms with E-state index in [9.17, 15) is 4.79 Å². The van der Waals surface area contributed by atoms with E-state index in [2.05, 4.69) is 30.6 Å². The third-order valence-corrected chi connectivity index (χ3v) is 4.15. The van der Waals surface area contributed by atoms with Crippen LogP contribution in [0.25, 0.3) is 0 Å². The number of amides is 1. The van der Waals surface area contributed by atoms with Gasteiger partial charge in [0.15, 0.2) is 0 Å². The van der Waals surface area contributed by atoms with Gasteiger partial charge < -0.3 is 11.1 Å². The van der Waals surface area contributed by atoms with Crippen molar-refractivity contribution in [2.45, 2.75) is 52.0 Å². The molecular weight excluding hydrogens is 256 g/mol. The van der Waals surface area contributed by atoms with Crippen LogP contribution in [0.3, 0.4) is 0 Å². The zero-order valence-electron chi connectivity index (χ0n) is 12.0. The highest BCUT2D eigenvalue weighted by molar-refractivity contribution is 7.10. The van der Waals surface area contributed by atoms with E-state index in [0.717, 1.165) is 32.2 Å². The Morgan fingerprint density at radius 1 is 1.32 bits per heavy atom. The average Bonchev–Trinajstić information content (AvgIpc) is 2.89. The molecule has 1 rings (SSSR count). The molecule has 1 aromatic rings. The molecule has 108 valence electrons. The summed E-state index contributed by atoms with van der Waals surface area (Å²) in [5, 5.41) is 5.22. The molecule has 0 aliphatic carbocycles. The molecule has 0 saturated carbocycles. The fourth-order valence-electron chi connectivity index (χ4n) is 2.06. The van der Waals surface area contributed by atoms with Crippen LogP contribution in [0.5, 0.6) is 0 Å². The molecule has 1 atom stereocenters. The van der Waals surface area contributed by atoms with Crippen molar-refractivity contribution >= 4 is 17.2 Å². The van der Waals surface area contributed by atoms with Crippen LogP contribution in [-0.2, 0) is 4.79 Å². The lowest BCUT2D eigenvalue weighted by molar-refractivity contribution is -0.122.